The highest BCUT2D eigenvalue weighted by Crippen LogP contribution is 2.30. The molecular formula is C16H25NO. The van der Waals surface area contributed by atoms with Crippen molar-refractivity contribution in [1.82, 2.24) is 4.90 Å². The molecule has 2 rings (SSSR count). The maximum absolute atomic E-state index is 9.98. The third-order valence-electron chi connectivity index (χ3n) is 4.32. The van der Waals surface area contributed by atoms with E-state index in [2.05, 4.69) is 56.9 Å². The van der Waals surface area contributed by atoms with Gasteiger partial charge in [-0.05, 0) is 37.3 Å². The minimum Gasteiger partial charge on any atom is -0.391 e. The summed E-state index contributed by atoms with van der Waals surface area (Å²) < 4.78 is 0. The van der Waals surface area contributed by atoms with Crippen molar-refractivity contribution in [2.45, 2.75) is 58.2 Å². The Morgan fingerprint density at radius 2 is 1.89 bits per heavy atom. The van der Waals surface area contributed by atoms with Crippen molar-refractivity contribution in [2.24, 2.45) is 0 Å². The van der Waals surface area contributed by atoms with Crippen LogP contribution in [0.3, 0.4) is 0 Å². The van der Waals surface area contributed by atoms with Crippen LogP contribution in [-0.4, -0.2) is 28.2 Å². The average Bonchev–Trinajstić information content (AvgIpc) is 2.57. The van der Waals surface area contributed by atoms with Crippen LogP contribution < -0.4 is 0 Å². The molecule has 0 amide bonds. The Kier molecular flexibility index (Phi) is 3.79. The van der Waals surface area contributed by atoms with Crippen LogP contribution in [0.25, 0.3) is 0 Å². The summed E-state index contributed by atoms with van der Waals surface area (Å²) in [7, 11) is 0. The van der Waals surface area contributed by atoms with Crippen molar-refractivity contribution < 1.29 is 5.11 Å². The fraction of sp³-hybridized carbons (Fsp3) is 0.625. The van der Waals surface area contributed by atoms with E-state index in [4.69, 9.17) is 0 Å². The Morgan fingerprint density at radius 1 is 1.28 bits per heavy atom. The van der Waals surface area contributed by atoms with Gasteiger partial charge in [-0.25, -0.2) is 0 Å². The highest BCUT2D eigenvalue weighted by atomic mass is 16.3. The van der Waals surface area contributed by atoms with E-state index in [1.165, 1.54) is 11.1 Å². The quantitative estimate of drug-likeness (QED) is 0.887. The van der Waals surface area contributed by atoms with E-state index in [9.17, 15) is 5.11 Å². The lowest BCUT2D eigenvalue weighted by Crippen LogP contribution is -2.44. The zero-order valence-electron chi connectivity index (χ0n) is 12.0. The van der Waals surface area contributed by atoms with Gasteiger partial charge in [-0.1, -0.05) is 38.1 Å². The van der Waals surface area contributed by atoms with E-state index in [-0.39, 0.29) is 11.6 Å². The summed E-state index contributed by atoms with van der Waals surface area (Å²) in [5, 5.41) is 9.98. The summed E-state index contributed by atoms with van der Waals surface area (Å²) in [5.41, 5.74) is 2.62. The number of likely N-dealkylation sites (tertiary alicyclic amines) is 1. The molecule has 1 unspecified atom stereocenters. The number of aliphatic hydroxyl groups is 1. The molecular weight excluding hydrogens is 222 g/mol. The molecule has 1 aromatic carbocycles. The van der Waals surface area contributed by atoms with Crippen LogP contribution in [0.2, 0.25) is 0 Å². The van der Waals surface area contributed by atoms with Crippen LogP contribution in [0, 0.1) is 0 Å². The fourth-order valence-electron chi connectivity index (χ4n) is 2.64. The first-order valence-electron chi connectivity index (χ1n) is 6.93. The van der Waals surface area contributed by atoms with E-state index in [0.717, 1.165) is 19.5 Å². The molecule has 0 aliphatic carbocycles. The lowest BCUT2D eigenvalue weighted by Gasteiger charge is -2.33. The molecule has 1 atom stereocenters. The zero-order valence-corrected chi connectivity index (χ0v) is 12.0. The monoisotopic (exact) mass is 247 g/mol. The molecule has 0 aromatic heterocycles. The van der Waals surface area contributed by atoms with Crippen molar-refractivity contribution in [3.05, 3.63) is 35.4 Å². The number of rotatable bonds is 3. The molecule has 1 aliphatic heterocycles. The van der Waals surface area contributed by atoms with Crippen LogP contribution in [0.1, 0.15) is 51.2 Å². The second-order valence-electron chi connectivity index (χ2n) is 6.28. The van der Waals surface area contributed by atoms with Crippen LogP contribution in [0.4, 0.5) is 0 Å². The molecule has 2 nitrogen and oxygen atoms in total. The SMILES string of the molecule is CC(C)c1ccc(CN2CCC(O)C2(C)C)cc1. The first-order valence-corrected chi connectivity index (χ1v) is 6.93. The molecule has 1 aromatic rings. The van der Waals surface area contributed by atoms with Gasteiger partial charge >= 0.3 is 0 Å². The second-order valence-corrected chi connectivity index (χ2v) is 6.28. The largest absolute Gasteiger partial charge is 0.391 e. The van der Waals surface area contributed by atoms with Crippen LogP contribution in [0.5, 0.6) is 0 Å². The molecule has 100 valence electrons. The van der Waals surface area contributed by atoms with Crippen molar-refractivity contribution >= 4 is 0 Å². The maximum Gasteiger partial charge on any atom is 0.0730 e. The van der Waals surface area contributed by atoms with Gasteiger partial charge in [0.2, 0.25) is 0 Å². The van der Waals surface area contributed by atoms with Gasteiger partial charge < -0.3 is 5.11 Å². The Labute approximate surface area is 111 Å². The Morgan fingerprint density at radius 3 is 2.33 bits per heavy atom. The molecule has 1 saturated heterocycles. The Bertz CT molecular complexity index is 394. The zero-order chi connectivity index (χ0) is 13.3. The first-order chi connectivity index (χ1) is 8.41. The minimum absolute atomic E-state index is 0.100. The first kappa shape index (κ1) is 13.6. The smallest absolute Gasteiger partial charge is 0.0730 e. The van der Waals surface area contributed by atoms with Gasteiger partial charge in [-0.3, -0.25) is 4.90 Å². The number of hydrogen-bond acceptors (Lipinski definition) is 2. The molecule has 0 radical (unpaired) electrons. The van der Waals surface area contributed by atoms with E-state index in [1.54, 1.807) is 0 Å². The van der Waals surface area contributed by atoms with E-state index in [1.807, 2.05) is 0 Å². The number of hydrogen-bond donors (Lipinski definition) is 1. The Hall–Kier alpha value is -0.860. The molecule has 1 aliphatic rings. The summed E-state index contributed by atoms with van der Waals surface area (Å²) in [6, 6.07) is 8.88. The maximum atomic E-state index is 9.98. The Balaban J connectivity index is 2.06. The van der Waals surface area contributed by atoms with Crippen molar-refractivity contribution in [3.8, 4) is 0 Å². The third-order valence-corrected chi connectivity index (χ3v) is 4.32. The highest BCUT2D eigenvalue weighted by molar-refractivity contribution is 5.25. The lowest BCUT2D eigenvalue weighted by molar-refractivity contribution is 0.0506. The van der Waals surface area contributed by atoms with Gasteiger partial charge in [-0.15, -0.1) is 0 Å². The summed E-state index contributed by atoms with van der Waals surface area (Å²) in [6.45, 7) is 10.6. The number of aliphatic hydroxyl groups excluding tert-OH is 1. The van der Waals surface area contributed by atoms with E-state index >= 15 is 0 Å². The molecule has 1 heterocycles. The number of benzene rings is 1. The van der Waals surface area contributed by atoms with Crippen LogP contribution >= 0.6 is 0 Å². The average molecular weight is 247 g/mol. The standard InChI is InChI=1S/C16H25NO/c1-12(2)14-7-5-13(6-8-14)11-17-10-9-15(18)16(17,3)4/h5-8,12,15,18H,9-11H2,1-4H3. The third kappa shape index (κ3) is 2.60. The van der Waals surface area contributed by atoms with Gasteiger partial charge in [0.1, 0.15) is 0 Å². The minimum atomic E-state index is -0.201. The van der Waals surface area contributed by atoms with Gasteiger partial charge in [0.15, 0.2) is 0 Å². The van der Waals surface area contributed by atoms with Crippen molar-refractivity contribution in [1.29, 1.82) is 0 Å². The predicted molar refractivity (Wildman–Crippen MR) is 75.6 cm³/mol. The summed E-state index contributed by atoms with van der Waals surface area (Å²) in [6.07, 6.45) is 0.685. The molecule has 0 bridgehead atoms. The topological polar surface area (TPSA) is 23.5 Å². The van der Waals surface area contributed by atoms with Gasteiger partial charge in [-0.2, -0.15) is 0 Å². The molecule has 0 spiro atoms. The summed E-state index contributed by atoms with van der Waals surface area (Å²) >= 11 is 0. The van der Waals surface area contributed by atoms with Crippen molar-refractivity contribution in [2.75, 3.05) is 6.54 Å². The van der Waals surface area contributed by atoms with Gasteiger partial charge in [0, 0.05) is 18.6 Å². The molecule has 18 heavy (non-hydrogen) atoms. The molecule has 1 fully saturated rings. The molecule has 0 saturated carbocycles. The highest BCUT2D eigenvalue weighted by Gasteiger charge is 2.39. The van der Waals surface area contributed by atoms with E-state index in [0.29, 0.717) is 5.92 Å². The number of nitrogens with zero attached hydrogens (tertiary/aromatic N) is 1. The lowest BCUT2D eigenvalue weighted by atomic mass is 9.97. The predicted octanol–water partition coefficient (Wildman–Crippen LogP) is 3.16. The summed E-state index contributed by atoms with van der Waals surface area (Å²) in [4.78, 5) is 2.38. The van der Waals surface area contributed by atoms with Crippen LogP contribution in [0.15, 0.2) is 24.3 Å². The second kappa shape index (κ2) is 5.02. The van der Waals surface area contributed by atoms with Gasteiger partial charge in [0.05, 0.1) is 6.10 Å². The molecule has 2 heteroatoms. The van der Waals surface area contributed by atoms with E-state index < -0.39 is 0 Å². The summed E-state index contributed by atoms with van der Waals surface area (Å²) in [5.74, 6) is 0.587. The molecule has 1 N–H and O–H groups in total. The van der Waals surface area contributed by atoms with Crippen molar-refractivity contribution in [3.63, 3.8) is 0 Å². The normalized spacial score (nSPS) is 23.8. The van der Waals surface area contributed by atoms with Crippen LogP contribution in [-0.2, 0) is 6.54 Å². The fourth-order valence-corrected chi connectivity index (χ4v) is 2.64. The van der Waals surface area contributed by atoms with Gasteiger partial charge in [0.25, 0.3) is 0 Å².